The highest BCUT2D eigenvalue weighted by molar-refractivity contribution is 5.79. The highest BCUT2D eigenvalue weighted by Gasteiger charge is 2.26. The summed E-state index contributed by atoms with van der Waals surface area (Å²) in [5.74, 6) is -10.9. The fraction of sp³-hybridized carbons (Fsp3) is 0.235. The highest BCUT2D eigenvalue weighted by Crippen LogP contribution is 2.26. The lowest BCUT2D eigenvalue weighted by molar-refractivity contribution is -0.122. The summed E-state index contributed by atoms with van der Waals surface area (Å²) in [4.78, 5) is 11.6. The molecular formula is C17H15F5N2O2. The molecule has 0 aliphatic heterocycles. The quantitative estimate of drug-likeness (QED) is 0.347. The molecule has 4 nitrogen and oxygen atoms in total. The second-order valence-electron chi connectivity index (χ2n) is 5.63. The molecule has 2 aromatic rings. The molecule has 2 rings (SSSR count). The van der Waals surface area contributed by atoms with Gasteiger partial charge in [-0.1, -0.05) is 26.0 Å². The number of hydrazine groups is 1. The molecule has 9 heteroatoms. The highest BCUT2D eigenvalue weighted by atomic mass is 19.2. The van der Waals surface area contributed by atoms with Gasteiger partial charge in [0.25, 0.3) is 5.91 Å². The summed E-state index contributed by atoms with van der Waals surface area (Å²) in [6, 6.07) is 6.90. The normalized spacial score (nSPS) is 10.8. The van der Waals surface area contributed by atoms with Crippen LogP contribution in [0.3, 0.4) is 0 Å². The summed E-state index contributed by atoms with van der Waals surface area (Å²) in [6.07, 6.45) is 0. The van der Waals surface area contributed by atoms with Gasteiger partial charge in [-0.15, -0.1) is 0 Å². The van der Waals surface area contributed by atoms with Crippen LogP contribution in [0, 0.1) is 29.1 Å². The van der Waals surface area contributed by atoms with Crippen molar-refractivity contribution in [1.82, 2.24) is 5.43 Å². The minimum Gasteiger partial charge on any atom is -0.484 e. The predicted molar refractivity (Wildman–Crippen MR) is 84.0 cm³/mol. The molecule has 0 atom stereocenters. The number of ether oxygens (including phenoxy) is 1. The molecule has 0 radical (unpaired) electrons. The standard InChI is InChI=1S/C17H15F5N2O2/c1-8(2)9-3-5-10(6-4-9)26-7-11(25)23-24-17-15(21)13(19)12(18)14(20)16(17)22/h3-6,8,24H,7H2,1-2H3,(H,23,25). The summed E-state index contributed by atoms with van der Waals surface area (Å²) in [5.41, 5.74) is 3.18. The van der Waals surface area contributed by atoms with Gasteiger partial charge in [0.2, 0.25) is 5.82 Å². The fourth-order valence-corrected chi connectivity index (χ4v) is 1.98. The van der Waals surface area contributed by atoms with Gasteiger partial charge in [0.1, 0.15) is 11.4 Å². The van der Waals surface area contributed by atoms with Gasteiger partial charge in [0.05, 0.1) is 0 Å². The minimum atomic E-state index is -2.29. The first kappa shape index (κ1) is 19.5. The Hall–Kier alpha value is -2.84. The molecule has 0 unspecified atom stereocenters. The van der Waals surface area contributed by atoms with E-state index in [2.05, 4.69) is 0 Å². The van der Waals surface area contributed by atoms with Crippen LogP contribution in [0.5, 0.6) is 5.75 Å². The lowest BCUT2D eigenvalue weighted by atomic mass is 10.0. The SMILES string of the molecule is CC(C)c1ccc(OCC(=O)NNc2c(F)c(F)c(F)c(F)c2F)cc1. The number of amides is 1. The molecule has 0 bridgehead atoms. The van der Waals surface area contributed by atoms with E-state index in [9.17, 15) is 26.7 Å². The number of hydrogen-bond donors (Lipinski definition) is 2. The van der Waals surface area contributed by atoms with E-state index in [0.717, 1.165) is 5.56 Å². The Morgan fingerprint density at radius 2 is 1.42 bits per heavy atom. The number of carbonyl (C=O) groups excluding carboxylic acids is 1. The van der Waals surface area contributed by atoms with E-state index < -0.39 is 47.3 Å². The number of rotatable bonds is 6. The fourth-order valence-electron chi connectivity index (χ4n) is 1.98. The van der Waals surface area contributed by atoms with Gasteiger partial charge in [-0.3, -0.25) is 15.6 Å². The molecule has 0 aliphatic carbocycles. The van der Waals surface area contributed by atoms with Crippen LogP contribution in [0.1, 0.15) is 25.3 Å². The van der Waals surface area contributed by atoms with E-state index in [0.29, 0.717) is 11.7 Å². The summed E-state index contributed by atoms with van der Waals surface area (Å²) in [6.45, 7) is 3.48. The molecule has 2 aromatic carbocycles. The predicted octanol–water partition coefficient (Wildman–Crippen LogP) is 4.03. The van der Waals surface area contributed by atoms with Crippen LogP contribution in [0.4, 0.5) is 27.6 Å². The third kappa shape index (κ3) is 4.22. The van der Waals surface area contributed by atoms with Gasteiger partial charge in [-0.05, 0) is 23.6 Å². The van der Waals surface area contributed by atoms with E-state index in [1.54, 1.807) is 23.0 Å². The topological polar surface area (TPSA) is 50.4 Å². The molecule has 0 heterocycles. The van der Waals surface area contributed by atoms with Crippen molar-refractivity contribution in [1.29, 1.82) is 0 Å². The van der Waals surface area contributed by atoms with Gasteiger partial charge < -0.3 is 4.74 Å². The Balaban J connectivity index is 1.95. The Morgan fingerprint density at radius 3 is 1.92 bits per heavy atom. The van der Waals surface area contributed by atoms with Crippen LogP contribution < -0.4 is 15.6 Å². The molecule has 140 valence electrons. The first-order chi connectivity index (χ1) is 12.2. The Bertz CT molecular complexity index is 781. The van der Waals surface area contributed by atoms with E-state index in [4.69, 9.17) is 4.74 Å². The summed E-state index contributed by atoms with van der Waals surface area (Å²) in [5, 5.41) is 0. The average Bonchev–Trinajstić information content (AvgIpc) is 2.63. The molecular weight excluding hydrogens is 359 g/mol. The number of benzene rings is 2. The zero-order valence-corrected chi connectivity index (χ0v) is 13.8. The third-order valence-corrected chi connectivity index (χ3v) is 3.45. The summed E-state index contributed by atoms with van der Waals surface area (Å²) < 4.78 is 71.1. The zero-order chi connectivity index (χ0) is 19.4. The number of halogens is 5. The van der Waals surface area contributed by atoms with Crippen LogP contribution >= 0.6 is 0 Å². The van der Waals surface area contributed by atoms with E-state index in [1.165, 1.54) is 0 Å². The van der Waals surface area contributed by atoms with Gasteiger partial charge in [-0.2, -0.15) is 0 Å². The van der Waals surface area contributed by atoms with Crippen LogP contribution in [-0.2, 0) is 4.79 Å². The van der Waals surface area contributed by atoms with Crippen molar-refractivity contribution in [2.75, 3.05) is 12.0 Å². The van der Waals surface area contributed by atoms with Crippen molar-refractivity contribution in [2.45, 2.75) is 19.8 Å². The smallest absolute Gasteiger partial charge is 0.276 e. The number of nitrogens with one attached hydrogen (secondary N) is 2. The van der Waals surface area contributed by atoms with Crippen LogP contribution in [0.2, 0.25) is 0 Å². The Labute approximate surface area is 145 Å². The number of carbonyl (C=O) groups is 1. The molecule has 26 heavy (non-hydrogen) atoms. The zero-order valence-electron chi connectivity index (χ0n) is 13.8. The van der Waals surface area contributed by atoms with Gasteiger partial charge in [0.15, 0.2) is 29.9 Å². The van der Waals surface area contributed by atoms with Crippen molar-refractivity contribution in [3.05, 3.63) is 58.9 Å². The van der Waals surface area contributed by atoms with Crippen molar-refractivity contribution >= 4 is 11.6 Å². The van der Waals surface area contributed by atoms with E-state index in [-0.39, 0.29) is 0 Å². The Morgan fingerprint density at radius 1 is 0.923 bits per heavy atom. The molecule has 0 spiro atoms. The van der Waals surface area contributed by atoms with Gasteiger partial charge in [0, 0.05) is 0 Å². The lowest BCUT2D eigenvalue weighted by Gasteiger charge is -2.12. The maximum absolute atomic E-state index is 13.4. The molecule has 1 amide bonds. The first-order valence-electron chi connectivity index (χ1n) is 7.51. The molecule has 0 saturated carbocycles. The molecule has 0 fully saturated rings. The van der Waals surface area contributed by atoms with E-state index in [1.807, 2.05) is 26.0 Å². The van der Waals surface area contributed by atoms with Crippen LogP contribution in [-0.4, -0.2) is 12.5 Å². The third-order valence-electron chi connectivity index (χ3n) is 3.45. The van der Waals surface area contributed by atoms with Crippen molar-refractivity contribution in [2.24, 2.45) is 0 Å². The first-order valence-corrected chi connectivity index (χ1v) is 7.51. The summed E-state index contributed by atoms with van der Waals surface area (Å²) >= 11 is 0. The van der Waals surface area contributed by atoms with Crippen LogP contribution in [0.25, 0.3) is 0 Å². The van der Waals surface area contributed by atoms with Crippen molar-refractivity contribution in [3.63, 3.8) is 0 Å². The minimum absolute atomic E-state index is 0.317. The van der Waals surface area contributed by atoms with Crippen molar-refractivity contribution < 1.29 is 31.5 Å². The van der Waals surface area contributed by atoms with Crippen LogP contribution in [0.15, 0.2) is 24.3 Å². The average molecular weight is 374 g/mol. The second kappa shape index (κ2) is 8.03. The molecule has 2 N–H and O–H groups in total. The molecule has 0 aromatic heterocycles. The monoisotopic (exact) mass is 374 g/mol. The number of anilines is 1. The maximum atomic E-state index is 13.4. The largest absolute Gasteiger partial charge is 0.484 e. The van der Waals surface area contributed by atoms with Gasteiger partial charge in [-0.25, -0.2) is 22.0 Å². The van der Waals surface area contributed by atoms with E-state index >= 15 is 0 Å². The summed E-state index contributed by atoms with van der Waals surface area (Å²) in [7, 11) is 0. The maximum Gasteiger partial charge on any atom is 0.276 e. The molecule has 0 aliphatic rings. The van der Waals surface area contributed by atoms with Crippen molar-refractivity contribution in [3.8, 4) is 5.75 Å². The Kier molecular flexibility index (Phi) is 6.01. The second-order valence-corrected chi connectivity index (χ2v) is 5.63. The number of hydrogen-bond acceptors (Lipinski definition) is 3. The lowest BCUT2D eigenvalue weighted by Crippen LogP contribution is -2.34. The molecule has 0 saturated heterocycles. The van der Waals surface area contributed by atoms with Gasteiger partial charge >= 0.3 is 0 Å².